The largest absolute Gasteiger partial charge is 0.490 e. The Hall–Kier alpha value is -4.13. The van der Waals surface area contributed by atoms with Crippen molar-refractivity contribution in [2.24, 2.45) is 5.92 Å². The molecule has 0 radical (unpaired) electrons. The molecule has 0 unspecified atom stereocenters. The van der Waals surface area contributed by atoms with Gasteiger partial charge in [-0.25, -0.2) is 23.0 Å². The second kappa shape index (κ2) is 13.7. The second-order valence-corrected chi connectivity index (χ2v) is 11.8. The first-order chi connectivity index (χ1) is 19.7. The Labute approximate surface area is 242 Å². The minimum atomic E-state index is -5.08. The zero-order chi connectivity index (χ0) is 31.1. The number of alkyl halides is 3. The SMILES string of the molecule is CC(C)c1ccc(S(=O)(=O)Nc2cc(C(=O)O)cnc2N2CCC(Cc3ccccc3)CC2)cc1.O=C(O)C(F)(F)F. The Morgan fingerprint density at radius 3 is 2.10 bits per heavy atom. The fourth-order valence-corrected chi connectivity index (χ4v) is 5.49. The van der Waals surface area contributed by atoms with E-state index in [0.29, 0.717) is 24.8 Å². The number of carboxylic acid groups (broad SMARTS) is 2. The van der Waals surface area contributed by atoms with Crippen molar-refractivity contribution >= 4 is 33.5 Å². The number of aromatic carboxylic acids is 1. The van der Waals surface area contributed by atoms with Gasteiger partial charge in [0.05, 0.1) is 16.1 Å². The number of aromatic nitrogens is 1. The van der Waals surface area contributed by atoms with E-state index in [0.717, 1.165) is 24.8 Å². The summed E-state index contributed by atoms with van der Waals surface area (Å²) in [6.07, 6.45) is -0.908. The molecule has 0 aliphatic carbocycles. The molecule has 226 valence electrons. The first-order valence-corrected chi connectivity index (χ1v) is 14.6. The summed E-state index contributed by atoms with van der Waals surface area (Å²) < 4.78 is 60.6. The molecule has 1 aliphatic rings. The molecule has 1 aliphatic heterocycles. The monoisotopic (exact) mass is 607 g/mol. The van der Waals surface area contributed by atoms with Gasteiger partial charge in [0.1, 0.15) is 0 Å². The highest BCUT2D eigenvalue weighted by Crippen LogP contribution is 2.32. The van der Waals surface area contributed by atoms with Gasteiger partial charge in [-0.15, -0.1) is 0 Å². The molecule has 1 fully saturated rings. The molecule has 1 saturated heterocycles. The van der Waals surface area contributed by atoms with Gasteiger partial charge in [0.15, 0.2) is 5.82 Å². The van der Waals surface area contributed by atoms with E-state index in [1.54, 1.807) is 24.3 Å². The van der Waals surface area contributed by atoms with Gasteiger partial charge in [0.25, 0.3) is 10.0 Å². The summed E-state index contributed by atoms with van der Waals surface area (Å²) in [7, 11) is -3.92. The number of rotatable bonds is 8. The quantitative estimate of drug-likeness (QED) is 0.292. The number of sulfonamides is 1. The molecule has 2 heterocycles. The van der Waals surface area contributed by atoms with Crippen LogP contribution in [0.25, 0.3) is 0 Å². The number of pyridine rings is 1. The first-order valence-electron chi connectivity index (χ1n) is 13.1. The number of carbonyl (C=O) groups is 2. The molecule has 3 aromatic rings. The summed E-state index contributed by atoms with van der Waals surface area (Å²) in [6, 6.07) is 18.5. The van der Waals surface area contributed by atoms with Gasteiger partial charge in [0, 0.05) is 19.3 Å². The summed E-state index contributed by atoms with van der Waals surface area (Å²) in [6.45, 7) is 5.52. The molecule has 0 atom stereocenters. The van der Waals surface area contributed by atoms with Gasteiger partial charge >= 0.3 is 18.1 Å². The molecular weight excluding hydrogens is 575 g/mol. The third-order valence-electron chi connectivity index (χ3n) is 6.74. The lowest BCUT2D eigenvalue weighted by Crippen LogP contribution is -2.35. The normalized spacial score (nSPS) is 14.2. The van der Waals surface area contributed by atoms with E-state index >= 15 is 0 Å². The van der Waals surface area contributed by atoms with Crippen LogP contribution in [-0.4, -0.2) is 54.8 Å². The van der Waals surface area contributed by atoms with Crippen LogP contribution in [0.4, 0.5) is 24.7 Å². The lowest BCUT2D eigenvalue weighted by Gasteiger charge is -2.34. The fraction of sp³-hybridized carbons (Fsp3) is 0.345. The van der Waals surface area contributed by atoms with E-state index < -0.39 is 28.1 Å². The van der Waals surface area contributed by atoms with Gasteiger partial charge in [-0.1, -0.05) is 56.3 Å². The van der Waals surface area contributed by atoms with E-state index in [1.165, 1.54) is 17.8 Å². The fourth-order valence-electron chi connectivity index (χ4n) is 4.43. The van der Waals surface area contributed by atoms with Crippen molar-refractivity contribution in [2.75, 3.05) is 22.7 Å². The highest BCUT2D eigenvalue weighted by atomic mass is 32.2. The van der Waals surface area contributed by atoms with Gasteiger partial charge in [-0.05, 0) is 60.4 Å². The summed E-state index contributed by atoms with van der Waals surface area (Å²) >= 11 is 0. The number of benzene rings is 2. The molecule has 9 nitrogen and oxygen atoms in total. The zero-order valence-electron chi connectivity index (χ0n) is 23.0. The number of nitrogens with one attached hydrogen (secondary N) is 1. The third kappa shape index (κ3) is 8.93. The van der Waals surface area contributed by atoms with Gasteiger partial charge in [-0.3, -0.25) is 4.72 Å². The maximum absolute atomic E-state index is 13.1. The van der Waals surface area contributed by atoms with Crippen LogP contribution < -0.4 is 9.62 Å². The Morgan fingerprint density at radius 1 is 1.02 bits per heavy atom. The maximum Gasteiger partial charge on any atom is 0.490 e. The highest BCUT2D eigenvalue weighted by Gasteiger charge is 2.38. The smallest absolute Gasteiger partial charge is 0.478 e. The van der Waals surface area contributed by atoms with Crippen molar-refractivity contribution < 1.29 is 41.4 Å². The summed E-state index contributed by atoms with van der Waals surface area (Å²) in [5, 5.41) is 16.6. The molecule has 3 N–H and O–H groups in total. The number of aliphatic carboxylic acids is 1. The van der Waals surface area contributed by atoms with Crippen LogP contribution in [-0.2, 0) is 21.2 Å². The molecule has 4 rings (SSSR count). The van der Waals surface area contributed by atoms with E-state index in [4.69, 9.17) is 9.90 Å². The second-order valence-electron chi connectivity index (χ2n) is 10.2. The summed E-state index contributed by atoms with van der Waals surface area (Å²) in [5.74, 6) is -2.64. The van der Waals surface area contributed by atoms with Gasteiger partial charge in [0.2, 0.25) is 0 Å². The number of anilines is 2. The van der Waals surface area contributed by atoms with Crippen LogP contribution in [0.2, 0.25) is 0 Å². The Morgan fingerprint density at radius 2 is 1.60 bits per heavy atom. The van der Waals surface area contributed by atoms with Crippen LogP contribution in [0.1, 0.15) is 54.1 Å². The number of halogens is 3. The highest BCUT2D eigenvalue weighted by molar-refractivity contribution is 7.92. The molecular formula is C29H32F3N3O6S. The summed E-state index contributed by atoms with van der Waals surface area (Å²) in [4.78, 5) is 27.0. The molecule has 0 amide bonds. The summed E-state index contributed by atoms with van der Waals surface area (Å²) in [5.41, 5.74) is 2.46. The lowest BCUT2D eigenvalue weighted by atomic mass is 9.90. The number of hydrogen-bond acceptors (Lipinski definition) is 6. The minimum absolute atomic E-state index is 0.0689. The van der Waals surface area contributed by atoms with E-state index in [9.17, 15) is 31.5 Å². The maximum atomic E-state index is 13.1. The molecule has 1 aromatic heterocycles. The van der Waals surface area contributed by atoms with Gasteiger partial charge < -0.3 is 15.1 Å². The predicted octanol–water partition coefficient (Wildman–Crippen LogP) is 5.80. The van der Waals surface area contributed by atoms with Crippen LogP contribution >= 0.6 is 0 Å². The van der Waals surface area contributed by atoms with Crippen LogP contribution in [0.3, 0.4) is 0 Å². The molecule has 13 heteroatoms. The molecule has 42 heavy (non-hydrogen) atoms. The molecule has 0 saturated carbocycles. The van der Waals surface area contributed by atoms with Crippen LogP contribution in [0.15, 0.2) is 71.8 Å². The van der Waals surface area contributed by atoms with Crippen molar-refractivity contribution in [3.63, 3.8) is 0 Å². The van der Waals surface area contributed by atoms with Crippen molar-refractivity contribution in [1.29, 1.82) is 0 Å². The number of nitrogens with zero attached hydrogens (tertiary/aromatic N) is 2. The minimum Gasteiger partial charge on any atom is -0.478 e. The number of hydrogen-bond donors (Lipinski definition) is 3. The zero-order valence-corrected chi connectivity index (χ0v) is 23.8. The van der Waals surface area contributed by atoms with Crippen molar-refractivity contribution in [1.82, 2.24) is 4.98 Å². The van der Waals surface area contributed by atoms with Crippen molar-refractivity contribution in [2.45, 2.75) is 50.1 Å². The van der Waals surface area contributed by atoms with Crippen molar-refractivity contribution in [3.05, 3.63) is 83.6 Å². The molecule has 2 aromatic carbocycles. The average molecular weight is 608 g/mol. The van der Waals surface area contributed by atoms with Crippen LogP contribution in [0, 0.1) is 5.92 Å². The molecule has 0 bridgehead atoms. The van der Waals surface area contributed by atoms with E-state index in [-0.39, 0.29) is 22.1 Å². The number of carboxylic acids is 2. The van der Waals surface area contributed by atoms with Crippen molar-refractivity contribution in [3.8, 4) is 0 Å². The third-order valence-corrected chi connectivity index (χ3v) is 8.12. The standard InChI is InChI=1S/C27H31N3O4S.C2HF3O2/c1-19(2)22-8-10-24(11-9-22)35(33,34)29-25-17-23(27(31)32)18-28-26(25)30-14-12-21(13-15-30)16-20-6-4-3-5-7-20;3-2(4,5)1(6)7/h3-11,17-19,21,29H,12-16H2,1-2H3,(H,31,32);(H,6,7). The van der Waals surface area contributed by atoms with E-state index in [2.05, 4.69) is 21.8 Å². The van der Waals surface area contributed by atoms with Crippen LogP contribution in [0.5, 0.6) is 0 Å². The van der Waals surface area contributed by atoms with E-state index in [1.807, 2.05) is 36.9 Å². The predicted molar refractivity (Wildman–Crippen MR) is 151 cm³/mol. The topological polar surface area (TPSA) is 137 Å². The Balaban J connectivity index is 0.000000616. The lowest BCUT2D eigenvalue weighted by molar-refractivity contribution is -0.192. The number of piperidine rings is 1. The average Bonchev–Trinajstić information content (AvgIpc) is 2.94. The Bertz CT molecular complexity index is 1470. The Kier molecular flexibility index (Phi) is 10.6. The first kappa shape index (κ1) is 32.4. The van der Waals surface area contributed by atoms with Gasteiger partial charge in [-0.2, -0.15) is 13.2 Å². The molecule has 0 spiro atoms.